The molecule has 0 radical (unpaired) electrons. The summed E-state index contributed by atoms with van der Waals surface area (Å²) in [4.78, 5) is 36.7. The first-order valence-electron chi connectivity index (χ1n) is 11.3. The molecule has 2 rings (SSSR count). The quantitative estimate of drug-likeness (QED) is 0.284. The minimum absolute atomic E-state index is 0.000454. The van der Waals surface area contributed by atoms with Crippen molar-refractivity contribution in [2.24, 2.45) is 11.7 Å². The third kappa shape index (κ3) is 10.0. The van der Waals surface area contributed by atoms with Crippen molar-refractivity contribution in [2.45, 2.75) is 51.5 Å². The summed E-state index contributed by atoms with van der Waals surface area (Å²) in [5.74, 6) is -1.54. The van der Waals surface area contributed by atoms with Gasteiger partial charge < -0.3 is 31.5 Å². The van der Waals surface area contributed by atoms with Crippen LogP contribution >= 0.6 is 0 Å². The molecule has 0 fully saturated rings. The van der Waals surface area contributed by atoms with Crippen molar-refractivity contribution < 1.29 is 24.2 Å². The number of ether oxygens (including phenoxy) is 1. The van der Waals surface area contributed by atoms with E-state index in [0.29, 0.717) is 13.0 Å². The molecule has 0 aromatic heterocycles. The maximum Gasteiger partial charge on any atom is 0.326 e. The second-order valence-electron chi connectivity index (χ2n) is 8.50. The number of amides is 3. The zero-order chi connectivity index (χ0) is 24.9. The van der Waals surface area contributed by atoms with Crippen LogP contribution < -0.4 is 21.7 Å². The standard InChI is InChI=1S/C25H34N4O5/c1-17(2)13-21(24(31)32)27-25(33)29-22(14-18-9-5-3-6-10-18)28-23(30)20(26)16-34-15-19-11-7-4-8-12-19/h3-12,17,20-22H,13-16,26H2,1-2H3,(H,28,30)(H,31,32)(H2,27,29,33)/t20-,21-,22+/m0/s1. The smallest absolute Gasteiger partial charge is 0.326 e. The number of benzene rings is 2. The van der Waals surface area contributed by atoms with Crippen LogP contribution in [0.2, 0.25) is 0 Å². The van der Waals surface area contributed by atoms with E-state index >= 15 is 0 Å². The molecule has 0 aliphatic carbocycles. The van der Waals surface area contributed by atoms with Gasteiger partial charge >= 0.3 is 12.0 Å². The first-order valence-corrected chi connectivity index (χ1v) is 11.3. The molecule has 0 bridgehead atoms. The van der Waals surface area contributed by atoms with Crippen molar-refractivity contribution in [3.63, 3.8) is 0 Å². The topological polar surface area (TPSA) is 143 Å². The number of aliphatic carboxylic acids is 1. The van der Waals surface area contributed by atoms with Gasteiger partial charge in [0.05, 0.1) is 13.2 Å². The van der Waals surface area contributed by atoms with Crippen LogP contribution in [-0.2, 0) is 27.4 Å². The van der Waals surface area contributed by atoms with Gasteiger partial charge in [0.1, 0.15) is 18.2 Å². The van der Waals surface area contributed by atoms with E-state index in [1.165, 1.54) is 0 Å². The Morgan fingerprint density at radius 3 is 2.06 bits per heavy atom. The summed E-state index contributed by atoms with van der Waals surface area (Å²) in [6, 6.07) is 16.1. The molecule has 0 aliphatic rings. The van der Waals surface area contributed by atoms with Crippen molar-refractivity contribution in [2.75, 3.05) is 6.61 Å². The Labute approximate surface area is 200 Å². The number of nitrogens with two attached hydrogens (primary N) is 1. The van der Waals surface area contributed by atoms with Crippen molar-refractivity contribution >= 4 is 17.9 Å². The summed E-state index contributed by atoms with van der Waals surface area (Å²) in [6.07, 6.45) is -0.231. The van der Waals surface area contributed by atoms with Crippen molar-refractivity contribution in [1.29, 1.82) is 0 Å². The van der Waals surface area contributed by atoms with Crippen LogP contribution in [0.25, 0.3) is 0 Å². The van der Waals surface area contributed by atoms with Gasteiger partial charge in [0.15, 0.2) is 0 Å². The number of urea groups is 1. The maximum absolute atomic E-state index is 12.7. The van der Waals surface area contributed by atoms with Gasteiger partial charge in [-0.05, 0) is 23.5 Å². The predicted molar refractivity (Wildman–Crippen MR) is 129 cm³/mol. The minimum Gasteiger partial charge on any atom is -0.480 e. The zero-order valence-corrected chi connectivity index (χ0v) is 19.6. The second-order valence-corrected chi connectivity index (χ2v) is 8.50. The SMILES string of the molecule is CC(C)C[C@H](NC(=O)N[C@H](Cc1ccccc1)NC(=O)[C@@H](N)COCc1ccccc1)C(=O)O. The third-order valence-corrected chi connectivity index (χ3v) is 4.96. The van der Waals surface area contributed by atoms with Crippen LogP contribution in [0.3, 0.4) is 0 Å². The highest BCUT2D eigenvalue weighted by Crippen LogP contribution is 2.06. The number of carbonyl (C=O) groups is 3. The molecular formula is C25H34N4O5. The highest BCUT2D eigenvalue weighted by atomic mass is 16.5. The van der Waals surface area contributed by atoms with Crippen LogP contribution in [0.15, 0.2) is 60.7 Å². The maximum atomic E-state index is 12.7. The highest BCUT2D eigenvalue weighted by Gasteiger charge is 2.24. The summed E-state index contributed by atoms with van der Waals surface area (Å²) in [5.41, 5.74) is 7.82. The summed E-state index contributed by atoms with van der Waals surface area (Å²) >= 11 is 0. The molecule has 0 unspecified atom stereocenters. The van der Waals surface area contributed by atoms with Crippen molar-refractivity contribution in [3.05, 3.63) is 71.8 Å². The number of hydrogen-bond donors (Lipinski definition) is 5. The number of rotatable bonds is 13. The number of carboxylic acid groups (broad SMARTS) is 1. The Hall–Kier alpha value is -3.43. The molecular weight excluding hydrogens is 436 g/mol. The molecule has 3 atom stereocenters. The van der Waals surface area contributed by atoms with E-state index in [1.807, 2.05) is 74.5 Å². The number of nitrogens with one attached hydrogen (secondary N) is 3. The first-order chi connectivity index (χ1) is 16.2. The molecule has 0 aliphatic heterocycles. The van der Waals surface area contributed by atoms with E-state index < -0.39 is 36.2 Å². The lowest BCUT2D eigenvalue weighted by molar-refractivity contribution is -0.139. The van der Waals surface area contributed by atoms with Gasteiger partial charge in [-0.3, -0.25) is 4.79 Å². The molecule has 0 saturated heterocycles. The van der Waals surface area contributed by atoms with Crippen LogP contribution in [0.4, 0.5) is 4.79 Å². The Morgan fingerprint density at radius 2 is 1.50 bits per heavy atom. The Bertz CT molecular complexity index is 908. The molecule has 9 heteroatoms. The molecule has 2 aromatic rings. The van der Waals surface area contributed by atoms with Gasteiger partial charge in [0.25, 0.3) is 0 Å². The van der Waals surface area contributed by atoms with Crippen molar-refractivity contribution in [1.82, 2.24) is 16.0 Å². The Kier molecular flexibility index (Phi) is 11.0. The zero-order valence-electron chi connectivity index (χ0n) is 19.6. The molecule has 9 nitrogen and oxygen atoms in total. The van der Waals surface area contributed by atoms with E-state index in [1.54, 1.807) is 0 Å². The van der Waals surface area contributed by atoms with Gasteiger partial charge in [-0.1, -0.05) is 74.5 Å². The normalized spacial score (nSPS) is 13.5. The largest absolute Gasteiger partial charge is 0.480 e. The summed E-state index contributed by atoms with van der Waals surface area (Å²) in [5, 5.41) is 17.2. The minimum atomic E-state index is -1.12. The lowest BCUT2D eigenvalue weighted by Crippen LogP contribution is -2.57. The van der Waals surface area contributed by atoms with Crippen LogP contribution in [0, 0.1) is 5.92 Å². The molecule has 2 aromatic carbocycles. The first kappa shape index (κ1) is 26.8. The molecule has 3 amide bonds. The van der Waals surface area contributed by atoms with Gasteiger partial charge in [-0.2, -0.15) is 0 Å². The number of carbonyl (C=O) groups excluding carboxylic acids is 2. The van der Waals surface area contributed by atoms with Crippen molar-refractivity contribution in [3.8, 4) is 0 Å². The fourth-order valence-electron chi connectivity index (χ4n) is 3.27. The monoisotopic (exact) mass is 470 g/mol. The van der Waals surface area contributed by atoms with Crippen LogP contribution in [-0.4, -0.2) is 47.9 Å². The average molecular weight is 471 g/mol. The number of hydrogen-bond acceptors (Lipinski definition) is 5. The van der Waals surface area contributed by atoms with E-state index in [-0.39, 0.29) is 18.9 Å². The molecule has 184 valence electrons. The lowest BCUT2D eigenvalue weighted by Gasteiger charge is -2.24. The molecule has 0 heterocycles. The summed E-state index contributed by atoms with van der Waals surface area (Å²) in [6.45, 7) is 4.06. The van der Waals surface area contributed by atoms with E-state index in [0.717, 1.165) is 11.1 Å². The highest BCUT2D eigenvalue weighted by molar-refractivity contribution is 5.84. The Balaban J connectivity index is 1.96. The second kappa shape index (κ2) is 14.0. The average Bonchev–Trinajstić information content (AvgIpc) is 2.79. The third-order valence-electron chi connectivity index (χ3n) is 4.96. The molecule has 0 saturated carbocycles. The van der Waals surface area contributed by atoms with Gasteiger partial charge in [-0.25, -0.2) is 9.59 Å². The summed E-state index contributed by atoms with van der Waals surface area (Å²) in [7, 11) is 0. The molecule has 6 N–H and O–H groups in total. The van der Waals surface area contributed by atoms with Gasteiger partial charge in [0.2, 0.25) is 5.91 Å². The van der Waals surface area contributed by atoms with E-state index in [4.69, 9.17) is 10.5 Å². The lowest BCUT2D eigenvalue weighted by atomic mass is 10.0. The van der Waals surface area contributed by atoms with Crippen LogP contribution in [0.1, 0.15) is 31.4 Å². The fourth-order valence-corrected chi connectivity index (χ4v) is 3.27. The fraction of sp³-hybridized carbons (Fsp3) is 0.400. The van der Waals surface area contributed by atoms with Crippen LogP contribution in [0.5, 0.6) is 0 Å². The molecule has 0 spiro atoms. The van der Waals surface area contributed by atoms with Gasteiger partial charge in [-0.15, -0.1) is 0 Å². The van der Waals surface area contributed by atoms with Gasteiger partial charge in [0, 0.05) is 6.42 Å². The number of carboxylic acids is 1. The van der Waals surface area contributed by atoms with E-state index in [9.17, 15) is 19.5 Å². The summed E-state index contributed by atoms with van der Waals surface area (Å²) < 4.78 is 5.55. The van der Waals surface area contributed by atoms with E-state index in [2.05, 4.69) is 16.0 Å². The Morgan fingerprint density at radius 1 is 0.912 bits per heavy atom. The molecule has 34 heavy (non-hydrogen) atoms. The predicted octanol–water partition coefficient (Wildman–Crippen LogP) is 2.01.